The zero-order chi connectivity index (χ0) is 29.0. The van der Waals surface area contributed by atoms with Crippen LogP contribution in [0.3, 0.4) is 0 Å². The summed E-state index contributed by atoms with van der Waals surface area (Å²) in [7, 11) is -1.13. The van der Waals surface area contributed by atoms with Crippen LogP contribution in [0.15, 0.2) is 67.6 Å². The van der Waals surface area contributed by atoms with Gasteiger partial charge < -0.3 is 19.1 Å². The largest absolute Gasteiger partial charge is 0.497 e. The molecule has 3 heterocycles. The molecule has 0 bridgehead atoms. The Balaban J connectivity index is 1.91. The Bertz CT molecular complexity index is 1680. The molecule has 0 aliphatic rings. The maximum absolute atomic E-state index is 12.3. The summed E-state index contributed by atoms with van der Waals surface area (Å²) in [5.41, 5.74) is 4.15. The first kappa shape index (κ1) is 28.7. The third-order valence-electron chi connectivity index (χ3n) is 6.18. The lowest BCUT2D eigenvalue weighted by Crippen LogP contribution is -2.23. The second kappa shape index (κ2) is 11.8. The summed E-state index contributed by atoms with van der Waals surface area (Å²) in [6, 6.07) is 12.8. The van der Waals surface area contributed by atoms with Gasteiger partial charge in [0.2, 0.25) is 5.91 Å². The van der Waals surface area contributed by atoms with E-state index in [1.54, 1.807) is 56.1 Å². The van der Waals surface area contributed by atoms with Crippen LogP contribution in [0, 0.1) is 11.3 Å². The monoisotopic (exact) mass is 561 g/mol. The Labute approximate surface area is 231 Å². The number of ether oxygens (including phenoxy) is 1. The molecule has 12 heteroatoms. The van der Waals surface area contributed by atoms with E-state index in [2.05, 4.69) is 16.5 Å². The molecule has 0 aliphatic heterocycles. The van der Waals surface area contributed by atoms with E-state index < -0.39 is 14.1 Å². The van der Waals surface area contributed by atoms with Crippen LogP contribution in [0.5, 0.6) is 5.75 Å². The molecular formula is C28H28N5O6P. The standard InChI is InChI=1S/C28H28N5O6P/c1-6-27(34)32(4)23-11-20(12-24(14-23)37-5)21-13-25-26(19-8-9-30-22(10-19)15-29)17-33(28(25)31-16-21)18(3)39-40(35,36)38-7-2/h6,8-14,16-18H,1,7H2,2-5H3,(H,35,36). The molecule has 1 amide bonds. The summed E-state index contributed by atoms with van der Waals surface area (Å²) in [6.45, 7) is 6.75. The molecule has 0 saturated heterocycles. The van der Waals surface area contributed by atoms with Crippen molar-refractivity contribution in [3.05, 3.63) is 73.3 Å². The van der Waals surface area contributed by atoms with Crippen LogP contribution >= 0.6 is 7.82 Å². The van der Waals surface area contributed by atoms with E-state index in [4.69, 9.17) is 13.8 Å². The van der Waals surface area contributed by atoms with Crippen molar-refractivity contribution in [1.82, 2.24) is 14.5 Å². The van der Waals surface area contributed by atoms with Gasteiger partial charge in [-0.05, 0) is 61.4 Å². The number of benzene rings is 1. The van der Waals surface area contributed by atoms with Crippen molar-refractivity contribution >= 4 is 30.5 Å². The van der Waals surface area contributed by atoms with Gasteiger partial charge in [-0.1, -0.05) is 6.58 Å². The molecule has 3 aromatic heterocycles. The van der Waals surface area contributed by atoms with E-state index in [9.17, 15) is 19.5 Å². The number of amides is 1. The van der Waals surface area contributed by atoms with E-state index in [1.165, 1.54) is 24.3 Å². The number of aromatic nitrogens is 3. The van der Waals surface area contributed by atoms with Gasteiger partial charge in [0.15, 0.2) is 0 Å². The molecule has 11 nitrogen and oxygen atoms in total. The van der Waals surface area contributed by atoms with Gasteiger partial charge in [0.05, 0.1) is 13.7 Å². The van der Waals surface area contributed by atoms with Gasteiger partial charge in [-0.15, -0.1) is 0 Å². The van der Waals surface area contributed by atoms with Crippen LogP contribution in [0.1, 0.15) is 25.8 Å². The summed E-state index contributed by atoms with van der Waals surface area (Å²) < 4.78 is 29.7. The van der Waals surface area contributed by atoms with Gasteiger partial charge in [-0.3, -0.25) is 13.8 Å². The average Bonchev–Trinajstić information content (AvgIpc) is 3.35. The number of pyridine rings is 2. The Morgan fingerprint density at radius 3 is 2.70 bits per heavy atom. The molecule has 2 unspecified atom stereocenters. The van der Waals surface area contributed by atoms with Crippen molar-refractivity contribution in [2.75, 3.05) is 25.7 Å². The molecule has 206 valence electrons. The zero-order valence-corrected chi connectivity index (χ0v) is 23.3. The number of methoxy groups -OCH3 is 1. The predicted molar refractivity (Wildman–Crippen MR) is 151 cm³/mol. The Morgan fingerprint density at radius 2 is 2.02 bits per heavy atom. The van der Waals surface area contributed by atoms with Gasteiger partial charge in [-0.2, -0.15) is 5.26 Å². The number of rotatable bonds is 10. The fraction of sp³-hybridized carbons (Fsp3) is 0.214. The normalized spacial score (nSPS) is 13.3. The molecule has 0 fully saturated rings. The topological polar surface area (TPSA) is 140 Å². The van der Waals surface area contributed by atoms with Crippen LogP contribution in [-0.2, 0) is 18.4 Å². The van der Waals surface area contributed by atoms with E-state index in [0.29, 0.717) is 33.6 Å². The fourth-order valence-corrected chi connectivity index (χ4v) is 5.09. The van der Waals surface area contributed by atoms with Crippen LogP contribution in [0.25, 0.3) is 33.3 Å². The maximum atomic E-state index is 12.3. The molecule has 2 atom stereocenters. The molecule has 1 N–H and O–H groups in total. The van der Waals surface area contributed by atoms with Crippen LogP contribution in [0.4, 0.5) is 5.69 Å². The minimum atomic E-state index is -4.31. The minimum absolute atomic E-state index is 0.00382. The Hall–Kier alpha value is -4.33. The van der Waals surface area contributed by atoms with Crippen molar-refractivity contribution in [3.63, 3.8) is 0 Å². The molecule has 0 aliphatic carbocycles. The number of phosphoric ester groups is 1. The molecule has 0 radical (unpaired) electrons. The smallest absolute Gasteiger partial charge is 0.474 e. The number of fused-ring (bicyclic) bond motifs is 1. The Kier molecular flexibility index (Phi) is 8.47. The van der Waals surface area contributed by atoms with Gasteiger partial charge in [-0.25, -0.2) is 14.5 Å². The van der Waals surface area contributed by atoms with Gasteiger partial charge in [0, 0.05) is 53.9 Å². The molecular weight excluding hydrogens is 533 g/mol. The first-order valence-corrected chi connectivity index (χ1v) is 13.7. The van der Waals surface area contributed by atoms with Crippen molar-refractivity contribution in [1.29, 1.82) is 5.26 Å². The van der Waals surface area contributed by atoms with Crippen LogP contribution < -0.4 is 9.64 Å². The van der Waals surface area contributed by atoms with Crippen molar-refractivity contribution in [2.24, 2.45) is 0 Å². The van der Waals surface area contributed by atoms with Crippen LogP contribution in [0.2, 0.25) is 0 Å². The summed E-state index contributed by atoms with van der Waals surface area (Å²) in [4.78, 5) is 32.5. The number of hydrogen-bond donors (Lipinski definition) is 1. The zero-order valence-electron chi connectivity index (χ0n) is 22.4. The first-order valence-electron chi connectivity index (χ1n) is 12.2. The number of carbonyl (C=O) groups excluding carboxylic acids is 1. The molecule has 0 spiro atoms. The lowest BCUT2D eigenvalue weighted by molar-refractivity contribution is -0.113. The number of nitriles is 1. The number of nitrogens with zero attached hydrogens (tertiary/aromatic N) is 5. The summed E-state index contributed by atoms with van der Waals surface area (Å²) in [5, 5.41) is 10.1. The third kappa shape index (κ3) is 5.96. The highest BCUT2D eigenvalue weighted by Gasteiger charge is 2.26. The lowest BCUT2D eigenvalue weighted by atomic mass is 10.0. The van der Waals surface area contributed by atoms with Crippen molar-refractivity contribution in [2.45, 2.75) is 20.1 Å². The lowest BCUT2D eigenvalue weighted by Gasteiger charge is -2.19. The fourth-order valence-electron chi connectivity index (χ4n) is 4.22. The molecule has 4 aromatic rings. The number of likely N-dealkylation sites (N-methyl/N-ethyl adjacent to an activating group) is 1. The predicted octanol–water partition coefficient (Wildman–Crippen LogP) is 5.47. The van der Waals surface area contributed by atoms with Crippen molar-refractivity contribution < 1.29 is 28.0 Å². The second-order valence-corrected chi connectivity index (χ2v) is 10.1. The van der Waals surface area contributed by atoms with E-state index >= 15 is 0 Å². The maximum Gasteiger partial charge on any atom is 0.474 e. The van der Waals surface area contributed by atoms with Gasteiger partial charge in [0.25, 0.3) is 0 Å². The van der Waals surface area contributed by atoms with E-state index in [0.717, 1.165) is 11.1 Å². The number of anilines is 1. The third-order valence-corrected chi connectivity index (χ3v) is 7.33. The highest BCUT2D eigenvalue weighted by molar-refractivity contribution is 7.47. The SMILES string of the molecule is C=CC(=O)N(C)c1cc(OC)cc(-c2cnc3c(c2)c(-c2ccnc(C#N)c2)cn3C(C)OP(=O)(O)OCC)c1. The highest BCUT2D eigenvalue weighted by Crippen LogP contribution is 2.47. The summed E-state index contributed by atoms with van der Waals surface area (Å²) in [5.74, 6) is 0.263. The molecule has 0 saturated carbocycles. The number of carbonyl (C=O) groups is 1. The van der Waals surface area contributed by atoms with Gasteiger partial charge >= 0.3 is 7.82 Å². The average molecular weight is 562 g/mol. The molecule has 4 rings (SSSR count). The molecule has 40 heavy (non-hydrogen) atoms. The molecule has 1 aromatic carbocycles. The summed E-state index contributed by atoms with van der Waals surface area (Å²) in [6.07, 6.45) is 5.23. The highest BCUT2D eigenvalue weighted by atomic mass is 31.2. The minimum Gasteiger partial charge on any atom is -0.497 e. The van der Waals surface area contributed by atoms with E-state index in [1.807, 2.05) is 24.3 Å². The second-order valence-electron chi connectivity index (χ2n) is 8.70. The van der Waals surface area contributed by atoms with Crippen molar-refractivity contribution in [3.8, 4) is 34.1 Å². The number of hydrogen-bond acceptors (Lipinski definition) is 8. The number of phosphoric acid groups is 1. The first-order chi connectivity index (χ1) is 19.1. The summed E-state index contributed by atoms with van der Waals surface area (Å²) >= 11 is 0. The quantitative estimate of drug-likeness (QED) is 0.197. The van der Waals surface area contributed by atoms with Gasteiger partial charge in [0.1, 0.15) is 29.4 Å². The van der Waals surface area contributed by atoms with E-state index in [-0.39, 0.29) is 18.2 Å². The van der Waals surface area contributed by atoms with Crippen LogP contribution in [-0.4, -0.2) is 46.1 Å². The Morgan fingerprint density at radius 1 is 1.25 bits per heavy atom.